The highest BCUT2D eigenvalue weighted by Crippen LogP contribution is 2.35. The molecule has 2 nitrogen and oxygen atoms in total. The third kappa shape index (κ3) is 4.11. The highest BCUT2D eigenvalue weighted by atomic mass is 35.5. The van der Waals surface area contributed by atoms with Crippen molar-refractivity contribution >= 4 is 33.8 Å². The standard InChI is InChI=1S/C22H23ClN2S/c23-19-13-11-18(12-14-19)21-16-26-22(24-21)25(20-9-5-2-6-10-20)15-17-7-3-1-4-8-17/h2,5-6,9-14,16-17H,1,3-4,7-8,15H2. The molecule has 0 bridgehead atoms. The fourth-order valence-electron chi connectivity index (χ4n) is 3.67. The average molecular weight is 383 g/mol. The predicted molar refractivity (Wildman–Crippen MR) is 113 cm³/mol. The molecule has 4 rings (SSSR count). The van der Waals surface area contributed by atoms with Gasteiger partial charge in [-0.15, -0.1) is 11.3 Å². The molecule has 134 valence electrons. The lowest BCUT2D eigenvalue weighted by Crippen LogP contribution is -2.26. The van der Waals surface area contributed by atoms with Crippen molar-refractivity contribution in [1.82, 2.24) is 4.98 Å². The van der Waals surface area contributed by atoms with Crippen LogP contribution in [0.4, 0.5) is 10.8 Å². The Labute approximate surface area is 164 Å². The summed E-state index contributed by atoms with van der Waals surface area (Å²) < 4.78 is 0. The maximum Gasteiger partial charge on any atom is 0.190 e. The first-order chi connectivity index (χ1) is 12.8. The maximum atomic E-state index is 6.02. The van der Waals surface area contributed by atoms with Gasteiger partial charge in [0.15, 0.2) is 5.13 Å². The number of rotatable bonds is 5. The fourth-order valence-corrected chi connectivity index (χ4v) is 4.66. The third-order valence-corrected chi connectivity index (χ3v) is 6.21. The second-order valence-electron chi connectivity index (χ2n) is 6.97. The monoisotopic (exact) mass is 382 g/mol. The van der Waals surface area contributed by atoms with Crippen molar-refractivity contribution in [3.63, 3.8) is 0 Å². The van der Waals surface area contributed by atoms with E-state index in [0.29, 0.717) is 0 Å². The van der Waals surface area contributed by atoms with Crippen LogP contribution in [0.15, 0.2) is 60.0 Å². The van der Waals surface area contributed by atoms with Gasteiger partial charge in [0.2, 0.25) is 0 Å². The number of hydrogen-bond acceptors (Lipinski definition) is 3. The largest absolute Gasteiger partial charge is 0.318 e. The van der Waals surface area contributed by atoms with Crippen LogP contribution in [0.2, 0.25) is 5.02 Å². The minimum Gasteiger partial charge on any atom is -0.318 e. The topological polar surface area (TPSA) is 16.1 Å². The lowest BCUT2D eigenvalue weighted by Gasteiger charge is -2.29. The summed E-state index contributed by atoms with van der Waals surface area (Å²) in [6, 6.07) is 18.6. The molecule has 1 heterocycles. The Bertz CT molecular complexity index is 823. The molecular formula is C22H23ClN2S. The summed E-state index contributed by atoms with van der Waals surface area (Å²) in [6.45, 7) is 1.05. The fraction of sp³-hybridized carbons (Fsp3) is 0.318. The van der Waals surface area contributed by atoms with Crippen LogP contribution in [0, 0.1) is 5.92 Å². The SMILES string of the molecule is Clc1ccc(-c2csc(N(CC3CCCCC3)c3ccccc3)n2)cc1. The first-order valence-electron chi connectivity index (χ1n) is 9.33. The van der Waals surface area contributed by atoms with Crippen LogP contribution < -0.4 is 4.90 Å². The first kappa shape index (κ1) is 17.6. The number of thiazole rings is 1. The zero-order valence-electron chi connectivity index (χ0n) is 14.8. The number of anilines is 2. The molecule has 0 radical (unpaired) electrons. The van der Waals surface area contributed by atoms with E-state index in [-0.39, 0.29) is 0 Å². The van der Waals surface area contributed by atoms with Gasteiger partial charge >= 0.3 is 0 Å². The van der Waals surface area contributed by atoms with E-state index >= 15 is 0 Å². The summed E-state index contributed by atoms with van der Waals surface area (Å²) in [5.41, 5.74) is 3.36. The lowest BCUT2D eigenvalue weighted by molar-refractivity contribution is 0.365. The molecular weight excluding hydrogens is 360 g/mol. The molecule has 2 aromatic carbocycles. The Balaban J connectivity index is 1.62. The lowest BCUT2D eigenvalue weighted by atomic mass is 9.89. The van der Waals surface area contributed by atoms with E-state index in [1.54, 1.807) is 11.3 Å². The van der Waals surface area contributed by atoms with Crippen LogP contribution in [-0.4, -0.2) is 11.5 Å². The Hall–Kier alpha value is -1.84. The van der Waals surface area contributed by atoms with Crippen LogP contribution in [0.25, 0.3) is 11.3 Å². The minimum atomic E-state index is 0.756. The number of hydrogen-bond donors (Lipinski definition) is 0. The summed E-state index contributed by atoms with van der Waals surface area (Å²) in [5.74, 6) is 0.756. The molecule has 4 heteroatoms. The Kier molecular flexibility index (Phi) is 5.57. The van der Waals surface area contributed by atoms with Gasteiger partial charge in [-0.2, -0.15) is 0 Å². The number of nitrogens with zero attached hydrogens (tertiary/aromatic N) is 2. The molecule has 0 unspecified atom stereocenters. The van der Waals surface area contributed by atoms with Gasteiger partial charge in [0.05, 0.1) is 5.69 Å². The normalized spacial score (nSPS) is 15.1. The molecule has 0 saturated heterocycles. The smallest absolute Gasteiger partial charge is 0.190 e. The highest BCUT2D eigenvalue weighted by molar-refractivity contribution is 7.14. The molecule has 0 N–H and O–H groups in total. The van der Waals surface area contributed by atoms with Gasteiger partial charge in [0.1, 0.15) is 0 Å². The summed E-state index contributed by atoms with van der Waals surface area (Å²) in [6.07, 6.45) is 6.78. The third-order valence-electron chi connectivity index (χ3n) is 5.10. The summed E-state index contributed by atoms with van der Waals surface area (Å²) >= 11 is 7.74. The van der Waals surface area contributed by atoms with Gasteiger partial charge < -0.3 is 4.90 Å². The summed E-state index contributed by atoms with van der Waals surface area (Å²) in [5, 5.41) is 3.98. The average Bonchev–Trinajstić information content (AvgIpc) is 3.18. The van der Waals surface area contributed by atoms with Crippen molar-refractivity contribution in [1.29, 1.82) is 0 Å². The molecule has 0 aliphatic heterocycles. The number of aromatic nitrogens is 1. The van der Waals surface area contributed by atoms with E-state index in [1.165, 1.54) is 37.8 Å². The Morgan fingerprint density at radius 1 is 0.962 bits per heavy atom. The van der Waals surface area contributed by atoms with Crippen LogP contribution >= 0.6 is 22.9 Å². The van der Waals surface area contributed by atoms with Crippen molar-refractivity contribution in [3.05, 3.63) is 65.0 Å². The van der Waals surface area contributed by atoms with Gasteiger partial charge in [-0.3, -0.25) is 0 Å². The van der Waals surface area contributed by atoms with Crippen molar-refractivity contribution in [2.24, 2.45) is 5.92 Å². The Morgan fingerprint density at radius 2 is 1.69 bits per heavy atom. The van der Waals surface area contributed by atoms with E-state index in [2.05, 4.69) is 40.6 Å². The van der Waals surface area contributed by atoms with Crippen LogP contribution in [0.1, 0.15) is 32.1 Å². The molecule has 1 fully saturated rings. The summed E-state index contributed by atoms with van der Waals surface area (Å²) in [4.78, 5) is 7.36. The van der Waals surface area contributed by atoms with Crippen LogP contribution in [0.5, 0.6) is 0 Å². The summed E-state index contributed by atoms with van der Waals surface area (Å²) in [7, 11) is 0. The quantitative estimate of drug-likeness (QED) is 0.464. The number of halogens is 1. The maximum absolute atomic E-state index is 6.02. The van der Waals surface area contributed by atoms with E-state index in [0.717, 1.165) is 33.9 Å². The molecule has 1 saturated carbocycles. The molecule has 1 aliphatic rings. The van der Waals surface area contributed by atoms with E-state index in [1.807, 2.05) is 24.3 Å². The highest BCUT2D eigenvalue weighted by Gasteiger charge is 2.21. The minimum absolute atomic E-state index is 0.756. The van der Waals surface area contributed by atoms with Crippen molar-refractivity contribution in [2.75, 3.05) is 11.4 Å². The van der Waals surface area contributed by atoms with Crippen molar-refractivity contribution < 1.29 is 0 Å². The van der Waals surface area contributed by atoms with Crippen LogP contribution in [0.3, 0.4) is 0 Å². The van der Waals surface area contributed by atoms with Gasteiger partial charge in [-0.05, 0) is 43.0 Å². The van der Waals surface area contributed by atoms with Crippen LogP contribution in [-0.2, 0) is 0 Å². The molecule has 0 amide bonds. The van der Waals surface area contributed by atoms with Gasteiger partial charge in [0.25, 0.3) is 0 Å². The van der Waals surface area contributed by atoms with E-state index in [4.69, 9.17) is 16.6 Å². The molecule has 1 aliphatic carbocycles. The predicted octanol–water partition coefficient (Wildman–Crippen LogP) is 7.18. The molecule has 0 atom stereocenters. The van der Waals surface area contributed by atoms with Gasteiger partial charge in [-0.25, -0.2) is 4.98 Å². The van der Waals surface area contributed by atoms with Gasteiger partial charge in [0, 0.05) is 28.2 Å². The molecule has 3 aromatic rings. The molecule has 26 heavy (non-hydrogen) atoms. The number of para-hydroxylation sites is 1. The van der Waals surface area contributed by atoms with Gasteiger partial charge in [-0.1, -0.05) is 61.2 Å². The van der Waals surface area contributed by atoms with Crippen molar-refractivity contribution in [3.8, 4) is 11.3 Å². The second kappa shape index (κ2) is 8.24. The molecule has 0 spiro atoms. The number of benzene rings is 2. The van der Waals surface area contributed by atoms with E-state index < -0.39 is 0 Å². The Morgan fingerprint density at radius 3 is 2.42 bits per heavy atom. The second-order valence-corrected chi connectivity index (χ2v) is 8.25. The zero-order valence-corrected chi connectivity index (χ0v) is 16.3. The van der Waals surface area contributed by atoms with E-state index in [9.17, 15) is 0 Å². The van der Waals surface area contributed by atoms with Crippen molar-refractivity contribution in [2.45, 2.75) is 32.1 Å². The first-order valence-corrected chi connectivity index (χ1v) is 10.6. The zero-order chi connectivity index (χ0) is 17.8. The molecule has 1 aromatic heterocycles.